The van der Waals surface area contributed by atoms with E-state index in [1.807, 2.05) is 30.3 Å². The number of nitrogens with one attached hydrogen (secondary N) is 2. The molecule has 23 heavy (non-hydrogen) atoms. The molecule has 8 heteroatoms. The average Bonchev–Trinajstić information content (AvgIpc) is 3.23. The minimum atomic E-state index is 0.382. The van der Waals surface area contributed by atoms with E-state index in [1.165, 1.54) is 6.33 Å². The molecule has 0 radical (unpaired) electrons. The number of anilines is 1. The Hall–Kier alpha value is -3.29. The first-order chi connectivity index (χ1) is 11.4. The fourth-order valence-electron chi connectivity index (χ4n) is 2.27. The SMILES string of the molecule is c1ccc(Cc2noc(CNc3ncnc4nc[nH]c34)n2)cc1. The highest BCUT2D eigenvalue weighted by atomic mass is 16.5. The molecule has 114 valence electrons. The highest BCUT2D eigenvalue weighted by molar-refractivity contribution is 5.81. The van der Waals surface area contributed by atoms with E-state index in [1.54, 1.807) is 6.33 Å². The second-order valence-electron chi connectivity index (χ2n) is 4.94. The van der Waals surface area contributed by atoms with Crippen LogP contribution >= 0.6 is 0 Å². The second-order valence-corrected chi connectivity index (χ2v) is 4.94. The molecular weight excluding hydrogens is 294 g/mol. The van der Waals surface area contributed by atoms with E-state index in [9.17, 15) is 0 Å². The summed E-state index contributed by atoms with van der Waals surface area (Å²) in [6.07, 6.45) is 3.68. The lowest BCUT2D eigenvalue weighted by atomic mass is 10.1. The van der Waals surface area contributed by atoms with Gasteiger partial charge in [-0.1, -0.05) is 35.5 Å². The molecule has 2 N–H and O–H groups in total. The van der Waals surface area contributed by atoms with Crippen LogP contribution in [-0.4, -0.2) is 30.1 Å². The fraction of sp³-hybridized carbons (Fsp3) is 0.133. The molecule has 0 aliphatic rings. The van der Waals surface area contributed by atoms with Crippen molar-refractivity contribution in [3.05, 3.63) is 60.3 Å². The molecule has 8 nitrogen and oxygen atoms in total. The van der Waals surface area contributed by atoms with Crippen molar-refractivity contribution in [2.75, 3.05) is 5.32 Å². The van der Waals surface area contributed by atoms with Gasteiger partial charge in [-0.05, 0) is 5.56 Å². The Labute approximate surface area is 131 Å². The Balaban J connectivity index is 1.45. The molecule has 0 unspecified atom stereocenters. The summed E-state index contributed by atoms with van der Waals surface area (Å²) in [4.78, 5) is 19.7. The van der Waals surface area contributed by atoms with Crippen molar-refractivity contribution in [2.45, 2.75) is 13.0 Å². The summed E-state index contributed by atoms with van der Waals surface area (Å²) in [6.45, 7) is 0.382. The van der Waals surface area contributed by atoms with Crippen molar-refractivity contribution in [1.29, 1.82) is 0 Å². The summed E-state index contributed by atoms with van der Waals surface area (Å²) in [5.41, 5.74) is 2.50. The Morgan fingerprint density at radius 2 is 2.00 bits per heavy atom. The van der Waals surface area contributed by atoms with E-state index >= 15 is 0 Å². The van der Waals surface area contributed by atoms with Crippen LogP contribution in [0.2, 0.25) is 0 Å². The lowest BCUT2D eigenvalue weighted by Crippen LogP contribution is -2.03. The summed E-state index contributed by atoms with van der Waals surface area (Å²) in [6, 6.07) is 10.0. The van der Waals surface area contributed by atoms with Gasteiger partial charge in [0.1, 0.15) is 11.8 Å². The van der Waals surface area contributed by atoms with Crippen molar-refractivity contribution >= 4 is 17.0 Å². The lowest BCUT2D eigenvalue weighted by Gasteiger charge is -2.02. The summed E-state index contributed by atoms with van der Waals surface area (Å²) in [7, 11) is 0. The van der Waals surface area contributed by atoms with Gasteiger partial charge < -0.3 is 14.8 Å². The molecule has 0 aliphatic heterocycles. The third-order valence-corrected chi connectivity index (χ3v) is 3.35. The van der Waals surface area contributed by atoms with Gasteiger partial charge in [0.2, 0.25) is 5.89 Å². The van der Waals surface area contributed by atoms with Crippen LogP contribution in [0.25, 0.3) is 11.2 Å². The minimum absolute atomic E-state index is 0.382. The molecule has 3 heterocycles. The van der Waals surface area contributed by atoms with Gasteiger partial charge in [0.05, 0.1) is 12.9 Å². The van der Waals surface area contributed by atoms with Gasteiger partial charge in [-0.25, -0.2) is 15.0 Å². The fourth-order valence-corrected chi connectivity index (χ4v) is 2.27. The first kappa shape index (κ1) is 13.4. The topological polar surface area (TPSA) is 105 Å². The molecule has 0 saturated carbocycles. The van der Waals surface area contributed by atoms with Crippen LogP contribution in [0.5, 0.6) is 0 Å². The minimum Gasteiger partial charge on any atom is -0.359 e. The number of H-pyrrole nitrogens is 1. The molecule has 4 aromatic rings. The van der Waals surface area contributed by atoms with Crippen LogP contribution in [0, 0.1) is 0 Å². The maximum atomic E-state index is 5.26. The quantitative estimate of drug-likeness (QED) is 0.580. The number of fused-ring (bicyclic) bond motifs is 1. The summed E-state index contributed by atoms with van der Waals surface area (Å²) in [5, 5.41) is 7.15. The monoisotopic (exact) mass is 307 g/mol. The predicted molar refractivity (Wildman–Crippen MR) is 82.6 cm³/mol. The largest absolute Gasteiger partial charge is 0.359 e. The van der Waals surface area contributed by atoms with E-state index in [0.29, 0.717) is 36.1 Å². The average molecular weight is 307 g/mol. The summed E-state index contributed by atoms with van der Waals surface area (Å²) >= 11 is 0. The van der Waals surface area contributed by atoms with Gasteiger partial charge in [-0.15, -0.1) is 0 Å². The number of imidazole rings is 1. The van der Waals surface area contributed by atoms with Gasteiger partial charge >= 0.3 is 0 Å². The first-order valence-electron chi connectivity index (χ1n) is 7.12. The maximum absolute atomic E-state index is 5.26. The molecule has 0 bridgehead atoms. The molecule has 3 aromatic heterocycles. The van der Waals surface area contributed by atoms with Crippen LogP contribution in [0.3, 0.4) is 0 Å². The zero-order valence-electron chi connectivity index (χ0n) is 12.1. The number of hydrogen-bond acceptors (Lipinski definition) is 7. The number of rotatable bonds is 5. The zero-order chi connectivity index (χ0) is 15.5. The molecule has 0 amide bonds. The first-order valence-corrected chi connectivity index (χ1v) is 7.12. The van der Waals surface area contributed by atoms with E-state index in [4.69, 9.17) is 4.52 Å². The van der Waals surface area contributed by atoms with E-state index in [-0.39, 0.29) is 0 Å². The number of benzene rings is 1. The Morgan fingerprint density at radius 3 is 2.91 bits per heavy atom. The van der Waals surface area contributed by atoms with Crippen molar-refractivity contribution in [3.8, 4) is 0 Å². The summed E-state index contributed by atoms with van der Waals surface area (Å²) < 4.78 is 5.26. The normalized spacial score (nSPS) is 11.0. The predicted octanol–water partition coefficient (Wildman–Crippen LogP) is 1.94. The van der Waals surface area contributed by atoms with E-state index in [2.05, 4.69) is 35.4 Å². The van der Waals surface area contributed by atoms with Crippen LogP contribution in [0.1, 0.15) is 17.3 Å². The molecule has 0 fully saturated rings. The molecular formula is C15H13N7O. The van der Waals surface area contributed by atoms with E-state index in [0.717, 1.165) is 11.1 Å². The van der Waals surface area contributed by atoms with Crippen molar-refractivity contribution in [3.63, 3.8) is 0 Å². The molecule has 0 atom stereocenters. The van der Waals surface area contributed by atoms with Gasteiger partial charge in [0.25, 0.3) is 0 Å². The molecule has 0 spiro atoms. The maximum Gasteiger partial charge on any atom is 0.245 e. The third-order valence-electron chi connectivity index (χ3n) is 3.35. The van der Waals surface area contributed by atoms with Gasteiger partial charge in [0.15, 0.2) is 17.3 Å². The van der Waals surface area contributed by atoms with Crippen LogP contribution < -0.4 is 5.32 Å². The lowest BCUT2D eigenvalue weighted by molar-refractivity contribution is 0.378. The Kier molecular flexibility index (Phi) is 3.39. The van der Waals surface area contributed by atoms with E-state index < -0.39 is 0 Å². The van der Waals surface area contributed by atoms with Gasteiger partial charge in [0, 0.05) is 6.42 Å². The molecule has 0 saturated heterocycles. The molecule has 1 aromatic carbocycles. The number of aromatic nitrogens is 6. The third kappa shape index (κ3) is 2.86. The zero-order valence-corrected chi connectivity index (χ0v) is 12.1. The number of nitrogens with zero attached hydrogens (tertiary/aromatic N) is 5. The van der Waals surface area contributed by atoms with Crippen LogP contribution in [0.4, 0.5) is 5.82 Å². The van der Waals surface area contributed by atoms with Crippen molar-refractivity contribution in [2.24, 2.45) is 0 Å². The van der Waals surface area contributed by atoms with Crippen molar-refractivity contribution < 1.29 is 4.52 Å². The van der Waals surface area contributed by atoms with Gasteiger partial charge in [-0.2, -0.15) is 4.98 Å². The number of aromatic amines is 1. The Morgan fingerprint density at radius 1 is 1.09 bits per heavy atom. The molecule has 4 rings (SSSR count). The highest BCUT2D eigenvalue weighted by Gasteiger charge is 2.09. The standard InChI is InChI=1S/C15H13N7O/c1-2-4-10(5-3-1)6-11-21-12(23-22-11)7-16-14-13-15(18-8-17-13)20-9-19-14/h1-5,8-9H,6-7H2,(H2,16,17,18,19,20). The second kappa shape index (κ2) is 5.84. The van der Waals surface area contributed by atoms with Gasteiger partial charge in [-0.3, -0.25) is 0 Å². The highest BCUT2D eigenvalue weighted by Crippen LogP contribution is 2.15. The summed E-state index contributed by atoms with van der Waals surface area (Å²) in [5.74, 6) is 1.81. The van der Waals surface area contributed by atoms with Crippen molar-refractivity contribution in [1.82, 2.24) is 30.1 Å². The Bertz CT molecular complexity index is 916. The van der Waals surface area contributed by atoms with Crippen LogP contribution in [-0.2, 0) is 13.0 Å². The molecule has 0 aliphatic carbocycles. The number of hydrogen-bond donors (Lipinski definition) is 2. The smallest absolute Gasteiger partial charge is 0.245 e. The van der Waals surface area contributed by atoms with Crippen LogP contribution in [0.15, 0.2) is 47.5 Å².